The van der Waals surface area contributed by atoms with E-state index in [0.717, 1.165) is 15.9 Å². The molecule has 8 heteroatoms. The molecule has 4 aromatic carbocycles. The largest absolute Gasteiger partial charge is 0.332 e. The van der Waals surface area contributed by atoms with Gasteiger partial charge in [0.1, 0.15) is 0 Å². The number of hydrogen-bond acceptors (Lipinski definition) is 6. The van der Waals surface area contributed by atoms with E-state index in [1.165, 1.54) is 25.5 Å². The van der Waals surface area contributed by atoms with Crippen molar-refractivity contribution in [3.63, 3.8) is 0 Å². The minimum Gasteiger partial charge on any atom is -0.318 e. The lowest BCUT2D eigenvalue weighted by Crippen LogP contribution is -2.22. The molecule has 0 fully saturated rings. The number of benzene rings is 4. The Labute approximate surface area is 256 Å². The number of carbonyl (C=O) groups excluding carboxylic acids is 2. The fraction of sp³-hybridized carbons (Fsp3) is 0.229. The number of nitro benzene ring substituents is 1. The minimum absolute atomic E-state index is 0.0271. The average Bonchev–Trinajstić information content (AvgIpc) is 3.05. The lowest BCUT2D eigenvalue weighted by Gasteiger charge is -2.19. The van der Waals surface area contributed by atoms with Gasteiger partial charge in [0.05, 0.1) is 4.92 Å². The Morgan fingerprint density at radius 2 is 1.12 bits per heavy atom. The highest BCUT2D eigenvalue weighted by Crippen LogP contribution is 2.33. The van der Waals surface area contributed by atoms with Crippen LogP contribution in [-0.2, 0) is 9.63 Å². The van der Waals surface area contributed by atoms with E-state index in [1.807, 2.05) is 76.2 Å². The lowest BCUT2D eigenvalue weighted by atomic mass is 10.0. The van der Waals surface area contributed by atoms with E-state index in [2.05, 4.69) is 19.0 Å². The van der Waals surface area contributed by atoms with Gasteiger partial charge in [0, 0.05) is 30.2 Å². The van der Waals surface area contributed by atoms with Gasteiger partial charge in [-0.1, -0.05) is 138 Å². The molecule has 0 aromatic heterocycles. The number of carbonyl (C=O) groups is 2. The van der Waals surface area contributed by atoms with E-state index in [1.54, 1.807) is 48.5 Å². The molecule has 0 bridgehead atoms. The van der Waals surface area contributed by atoms with Crippen LogP contribution in [0, 0.1) is 10.1 Å². The van der Waals surface area contributed by atoms with Crippen LogP contribution >= 0.6 is 7.92 Å². The molecule has 0 radical (unpaired) electrons. The number of Topliss-reactive ketones (excluding diaryl/α,β-unsaturated/α-hetero) is 1. The number of nitro groups is 1. The molecule has 0 saturated heterocycles. The normalized spacial score (nSPS) is 10.7. The first-order chi connectivity index (χ1) is 20.8. The molecule has 0 amide bonds. The standard InChI is InChI=1S/C28H21N2O5P.C3H8.2C2H6/c1-20(31)35-29-27(21-8-4-2-5-9-21)28(32)22-12-16-25(17-13-22)36(24-10-6-3-7-11-24)26-18-14-23(15-19-26)30(33)34;1-3-2;2*1-2/h2-19H,1H3;3H2,1-2H3;2*1-2H3/b29-27+;;;. The zero-order valence-electron chi connectivity index (χ0n) is 26.0. The summed E-state index contributed by atoms with van der Waals surface area (Å²) < 4.78 is 0. The topological polar surface area (TPSA) is 98.9 Å². The van der Waals surface area contributed by atoms with Crippen LogP contribution in [0.15, 0.2) is 114 Å². The summed E-state index contributed by atoms with van der Waals surface area (Å²) in [7, 11) is -1.02. The van der Waals surface area contributed by atoms with Gasteiger partial charge in [0.2, 0.25) is 5.78 Å². The third-order valence-electron chi connectivity index (χ3n) is 5.25. The molecule has 4 aromatic rings. The molecule has 1 unspecified atom stereocenters. The van der Waals surface area contributed by atoms with Crippen LogP contribution in [0.5, 0.6) is 0 Å². The number of rotatable bonds is 8. The molecule has 0 aliphatic heterocycles. The highest BCUT2D eigenvalue weighted by Gasteiger charge is 2.21. The Bertz CT molecular complexity index is 1420. The molecule has 0 spiro atoms. The third kappa shape index (κ3) is 11.4. The second-order valence-electron chi connectivity index (χ2n) is 8.42. The van der Waals surface area contributed by atoms with E-state index < -0.39 is 18.8 Å². The molecule has 43 heavy (non-hydrogen) atoms. The van der Waals surface area contributed by atoms with Crippen molar-refractivity contribution in [3.8, 4) is 0 Å². The van der Waals surface area contributed by atoms with E-state index >= 15 is 0 Å². The first-order valence-corrected chi connectivity index (χ1v) is 15.7. The first kappa shape index (κ1) is 36.5. The summed E-state index contributed by atoms with van der Waals surface area (Å²) in [5.74, 6) is -1.00. The van der Waals surface area contributed by atoms with Crippen molar-refractivity contribution in [2.75, 3.05) is 0 Å². The van der Waals surface area contributed by atoms with Crippen molar-refractivity contribution in [2.24, 2.45) is 5.16 Å². The maximum atomic E-state index is 13.3. The van der Waals surface area contributed by atoms with Crippen LogP contribution in [0.1, 0.15) is 70.8 Å². The van der Waals surface area contributed by atoms with Gasteiger partial charge >= 0.3 is 5.97 Å². The summed E-state index contributed by atoms with van der Waals surface area (Å²) in [6, 6.07) is 32.4. The van der Waals surface area contributed by atoms with Gasteiger partial charge in [-0.2, -0.15) is 0 Å². The smallest absolute Gasteiger partial charge is 0.318 e. The minimum atomic E-state index is -1.02. The summed E-state index contributed by atoms with van der Waals surface area (Å²) >= 11 is 0. The SMILES string of the molecule is CC.CC.CC(=O)O/N=C(/C(=O)c1ccc(P(c2ccccc2)c2ccc([N+](=O)[O-])cc2)cc1)c1ccccc1.CCC. The molecule has 0 saturated carbocycles. The van der Waals surface area contributed by atoms with E-state index in [9.17, 15) is 19.7 Å². The zero-order valence-corrected chi connectivity index (χ0v) is 26.9. The van der Waals surface area contributed by atoms with Crippen LogP contribution in [0.25, 0.3) is 0 Å². The summed E-state index contributed by atoms with van der Waals surface area (Å²) in [6.45, 7) is 13.5. The molecular weight excluding hydrogens is 559 g/mol. The van der Waals surface area contributed by atoms with Crippen LogP contribution in [-0.4, -0.2) is 22.4 Å². The van der Waals surface area contributed by atoms with E-state index in [4.69, 9.17) is 4.84 Å². The molecule has 0 aliphatic rings. The Morgan fingerprint density at radius 3 is 1.56 bits per heavy atom. The predicted octanol–water partition coefficient (Wildman–Crippen LogP) is 7.97. The number of hydrogen-bond donors (Lipinski definition) is 0. The second-order valence-corrected chi connectivity index (χ2v) is 10.6. The van der Waals surface area contributed by atoms with Crippen molar-refractivity contribution in [1.82, 2.24) is 0 Å². The molecule has 0 N–H and O–H groups in total. The van der Waals surface area contributed by atoms with Crippen molar-refractivity contribution in [3.05, 3.63) is 130 Å². The quantitative estimate of drug-likeness (QED) is 0.0510. The fourth-order valence-electron chi connectivity index (χ4n) is 3.58. The van der Waals surface area contributed by atoms with Crippen LogP contribution < -0.4 is 15.9 Å². The van der Waals surface area contributed by atoms with Gasteiger partial charge in [0.25, 0.3) is 5.69 Å². The summed E-state index contributed by atoms with van der Waals surface area (Å²) in [5, 5.41) is 17.9. The molecule has 226 valence electrons. The first-order valence-electron chi connectivity index (χ1n) is 14.4. The Morgan fingerprint density at radius 1 is 0.698 bits per heavy atom. The lowest BCUT2D eigenvalue weighted by molar-refractivity contribution is -0.384. The average molecular weight is 601 g/mol. The van der Waals surface area contributed by atoms with Gasteiger partial charge in [-0.15, -0.1) is 0 Å². The molecule has 7 nitrogen and oxygen atoms in total. The third-order valence-corrected chi connectivity index (χ3v) is 7.69. The van der Waals surface area contributed by atoms with Crippen molar-refractivity contribution >= 4 is 47.0 Å². The molecule has 0 aliphatic carbocycles. The summed E-state index contributed by atoms with van der Waals surface area (Å²) in [4.78, 5) is 40.1. The molecular formula is C35H41N2O5P. The zero-order chi connectivity index (χ0) is 32.2. The summed E-state index contributed by atoms with van der Waals surface area (Å²) in [6.07, 6.45) is 1.25. The number of nitrogens with zero attached hydrogens (tertiary/aromatic N) is 2. The van der Waals surface area contributed by atoms with Gasteiger partial charge in [-0.3, -0.25) is 14.9 Å². The Kier molecular flexibility index (Phi) is 17.3. The van der Waals surface area contributed by atoms with Crippen LogP contribution in [0.4, 0.5) is 5.69 Å². The van der Waals surface area contributed by atoms with Crippen molar-refractivity contribution in [2.45, 2.75) is 54.9 Å². The predicted molar refractivity (Wildman–Crippen MR) is 180 cm³/mol. The highest BCUT2D eigenvalue weighted by atomic mass is 31.1. The number of oxime groups is 1. The summed E-state index contributed by atoms with van der Waals surface area (Å²) in [5.41, 5.74) is 0.980. The number of ketones is 1. The van der Waals surface area contributed by atoms with Crippen LogP contribution in [0.3, 0.4) is 0 Å². The highest BCUT2D eigenvalue weighted by molar-refractivity contribution is 7.79. The van der Waals surface area contributed by atoms with Crippen LogP contribution in [0.2, 0.25) is 0 Å². The second kappa shape index (κ2) is 20.4. The number of non-ortho nitro benzene ring substituents is 1. The van der Waals surface area contributed by atoms with Gasteiger partial charge in [0.15, 0.2) is 5.71 Å². The molecule has 4 rings (SSSR count). The van der Waals surface area contributed by atoms with Gasteiger partial charge in [-0.05, 0) is 36.0 Å². The maximum Gasteiger partial charge on any atom is 0.332 e. The van der Waals surface area contributed by atoms with E-state index in [0.29, 0.717) is 11.1 Å². The monoisotopic (exact) mass is 600 g/mol. The molecule has 1 atom stereocenters. The van der Waals surface area contributed by atoms with Crippen molar-refractivity contribution < 1.29 is 19.3 Å². The Hall–Kier alpha value is -4.48. The van der Waals surface area contributed by atoms with Gasteiger partial charge < -0.3 is 4.84 Å². The maximum absolute atomic E-state index is 13.3. The Balaban J connectivity index is 0.00000122. The fourth-order valence-corrected chi connectivity index (χ4v) is 5.84. The van der Waals surface area contributed by atoms with E-state index in [-0.39, 0.29) is 17.2 Å². The molecule has 0 heterocycles. The van der Waals surface area contributed by atoms with Crippen molar-refractivity contribution in [1.29, 1.82) is 0 Å². The van der Waals surface area contributed by atoms with Gasteiger partial charge in [-0.25, -0.2) is 4.79 Å².